The van der Waals surface area contributed by atoms with E-state index in [2.05, 4.69) is 4.90 Å². The van der Waals surface area contributed by atoms with Gasteiger partial charge < -0.3 is 11.5 Å². The molecule has 108 valence electrons. The monoisotopic (exact) mass is 265 g/mol. The molecule has 1 amide bonds. The van der Waals surface area contributed by atoms with Gasteiger partial charge in [0.1, 0.15) is 5.54 Å². The first-order chi connectivity index (χ1) is 9.11. The molecule has 3 rings (SSSR count). The second-order valence-electron chi connectivity index (χ2n) is 6.90. The summed E-state index contributed by atoms with van der Waals surface area (Å²) in [5, 5.41) is 0. The van der Waals surface area contributed by atoms with Gasteiger partial charge >= 0.3 is 0 Å². The zero-order chi connectivity index (χ0) is 13.5. The molecule has 2 aliphatic carbocycles. The Morgan fingerprint density at radius 2 is 1.79 bits per heavy atom. The molecule has 1 unspecified atom stereocenters. The Morgan fingerprint density at radius 1 is 1.11 bits per heavy atom. The van der Waals surface area contributed by atoms with Crippen molar-refractivity contribution in [3.05, 3.63) is 0 Å². The molecule has 0 bridgehead atoms. The van der Waals surface area contributed by atoms with Crippen LogP contribution >= 0.6 is 0 Å². The van der Waals surface area contributed by atoms with Crippen LogP contribution < -0.4 is 11.5 Å². The number of amides is 1. The summed E-state index contributed by atoms with van der Waals surface area (Å²) >= 11 is 0. The summed E-state index contributed by atoms with van der Waals surface area (Å²) in [6.07, 6.45) is 10.1. The van der Waals surface area contributed by atoms with E-state index in [0.717, 1.165) is 25.3 Å². The SMILES string of the molecule is NC(=O)C(N)(CN1CCC[C@H]2CCCC[C@H]21)C1CC1. The van der Waals surface area contributed by atoms with E-state index >= 15 is 0 Å². The molecule has 0 aromatic rings. The molecule has 4 nitrogen and oxygen atoms in total. The van der Waals surface area contributed by atoms with Crippen molar-refractivity contribution in [1.82, 2.24) is 4.90 Å². The summed E-state index contributed by atoms with van der Waals surface area (Å²) < 4.78 is 0. The van der Waals surface area contributed by atoms with Gasteiger partial charge in [0, 0.05) is 12.6 Å². The van der Waals surface area contributed by atoms with E-state index in [1.165, 1.54) is 38.5 Å². The number of fused-ring (bicyclic) bond motifs is 1. The van der Waals surface area contributed by atoms with Crippen LogP contribution in [0.4, 0.5) is 0 Å². The standard InChI is InChI=1S/C15H27N3O/c16-14(19)15(17,12-7-8-12)10-18-9-3-5-11-4-1-2-6-13(11)18/h11-13H,1-10,17H2,(H2,16,19)/t11-,13-,15?/m1/s1. The lowest BCUT2D eigenvalue weighted by atomic mass is 9.77. The summed E-state index contributed by atoms with van der Waals surface area (Å²) in [6, 6.07) is 0.656. The molecule has 4 heteroatoms. The fourth-order valence-electron chi connectivity index (χ4n) is 4.27. The maximum absolute atomic E-state index is 11.8. The molecule has 1 aliphatic heterocycles. The van der Waals surface area contributed by atoms with Gasteiger partial charge in [-0.15, -0.1) is 0 Å². The molecule has 3 fully saturated rings. The van der Waals surface area contributed by atoms with Crippen molar-refractivity contribution < 1.29 is 4.79 Å². The number of piperidine rings is 1. The lowest BCUT2D eigenvalue weighted by Gasteiger charge is -2.46. The number of nitrogens with zero attached hydrogens (tertiary/aromatic N) is 1. The zero-order valence-electron chi connectivity index (χ0n) is 11.8. The van der Waals surface area contributed by atoms with E-state index in [-0.39, 0.29) is 5.91 Å². The molecule has 0 aromatic carbocycles. The number of primary amides is 1. The van der Waals surface area contributed by atoms with Crippen molar-refractivity contribution in [3.63, 3.8) is 0 Å². The molecule has 0 spiro atoms. The molecule has 1 heterocycles. The van der Waals surface area contributed by atoms with Crippen molar-refractivity contribution in [2.24, 2.45) is 23.3 Å². The van der Waals surface area contributed by atoms with Gasteiger partial charge in [0.2, 0.25) is 5.91 Å². The number of carbonyl (C=O) groups excluding carboxylic acids is 1. The highest BCUT2D eigenvalue weighted by Gasteiger charge is 2.49. The largest absolute Gasteiger partial charge is 0.368 e. The minimum atomic E-state index is -0.778. The topological polar surface area (TPSA) is 72.3 Å². The van der Waals surface area contributed by atoms with Crippen LogP contribution in [0.5, 0.6) is 0 Å². The highest BCUT2D eigenvalue weighted by molar-refractivity contribution is 5.85. The van der Waals surface area contributed by atoms with Gasteiger partial charge in [-0.1, -0.05) is 12.8 Å². The molecular formula is C15H27N3O. The Hall–Kier alpha value is -0.610. The molecule has 19 heavy (non-hydrogen) atoms. The van der Waals surface area contributed by atoms with Crippen LogP contribution in [0.25, 0.3) is 0 Å². The Bertz CT molecular complexity index is 353. The van der Waals surface area contributed by atoms with Crippen LogP contribution in [0.1, 0.15) is 51.4 Å². The Balaban J connectivity index is 1.71. The van der Waals surface area contributed by atoms with E-state index in [9.17, 15) is 4.79 Å². The molecule has 1 saturated heterocycles. The second kappa shape index (κ2) is 5.06. The van der Waals surface area contributed by atoms with Crippen LogP contribution in [-0.4, -0.2) is 35.5 Å². The molecule has 0 radical (unpaired) electrons. The van der Waals surface area contributed by atoms with Crippen molar-refractivity contribution in [2.45, 2.75) is 62.9 Å². The predicted molar refractivity (Wildman–Crippen MR) is 75.4 cm³/mol. The highest BCUT2D eigenvalue weighted by atomic mass is 16.1. The average molecular weight is 265 g/mol. The number of carbonyl (C=O) groups is 1. The fraction of sp³-hybridized carbons (Fsp3) is 0.933. The molecule has 3 atom stereocenters. The Labute approximate surface area is 115 Å². The van der Waals surface area contributed by atoms with Crippen LogP contribution in [0, 0.1) is 11.8 Å². The number of nitrogens with two attached hydrogens (primary N) is 2. The first kappa shape index (κ1) is 13.4. The first-order valence-corrected chi connectivity index (χ1v) is 7.94. The second-order valence-corrected chi connectivity index (χ2v) is 6.90. The quantitative estimate of drug-likeness (QED) is 0.803. The van der Waals surface area contributed by atoms with Crippen LogP contribution in [0.2, 0.25) is 0 Å². The summed E-state index contributed by atoms with van der Waals surface area (Å²) in [5.74, 6) is 0.862. The lowest BCUT2D eigenvalue weighted by molar-refractivity contribution is -0.125. The molecule has 3 aliphatic rings. The minimum Gasteiger partial charge on any atom is -0.368 e. The minimum absolute atomic E-state index is 0.298. The maximum Gasteiger partial charge on any atom is 0.239 e. The lowest BCUT2D eigenvalue weighted by Crippen LogP contribution is -2.63. The maximum atomic E-state index is 11.8. The Morgan fingerprint density at radius 3 is 2.47 bits per heavy atom. The van der Waals surface area contributed by atoms with Crippen molar-refractivity contribution in [1.29, 1.82) is 0 Å². The summed E-state index contributed by atoms with van der Waals surface area (Å²) in [6.45, 7) is 1.79. The molecule has 0 aromatic heterocycles. The highest BCUT2D eigenvalue weighted by Crippen LogP contribution is 2.41. The molecule has 4 N–H and O–H groups in total. The average Bonchev–Trinajstić information content (AvgIpc) is 3.23. The van der Waals surface area contributed by atoms with Crippen molar-refractivity contribution in [2.75, 3.05) is 13.1 Å². The van der Waals surface area contributed by atoms with E-state index < -0.39 is 5.54 Å². The van der Waals surface area contributed by atoms with E-state index in [4.69, 9.17) is 11.5 Å². The van der Waals surface area contributed by atoms with E-state index in [1.54, 1.807) is 0 Å². The third kappa shape index (κ3) is 2.52. The van der Waals surface area contributed by atoms with Crippen molar-refractivity contribution in [3.8, 4) is 0 Å². The Kier molecular flexibility index (Phi) is 3.56. The van der Waals surface area contributed by atoms with Crippen molar-refractivity contribution >= 4 is 5.91 Å². The number of hydrogen-bond donors (Lipinski definition) is 2. The normalized spacial score (nSPS) is 35.4. The van der Waals surface area contributed by atoms with Gasteiger partial charge in [0.25, 0.3) is 0 Å². The third-order valence-corrected chi connectivity index (χ3v) is 5.59. The van der Waals surface area contributed by atoms with Crippen LogP contribution in [0.3, 0.4) is 0 Å². The summed E-state index contributed by atoms with van der Waals surface area (Å²) in [7, 11) is 0. The first-order valence-electron chi connectivity index (χ1n) is 7.94. The number of likely N-dealkylation sites (tertiary alicyclic amines) is 1. The van der Waals surface area contributed by atoms with Gasteiger partial charge in [-0.25, -0.2) is 0 Å². The zero-order valence-corrected chi connectivity index (χ0v) is 11.8. The summed E-state index contributed by atoms with van der Waals surface area (Å²) in [5.41, 5.74) is 11.2. The van der Waals surface area contributed by atoms with E-state index in [0.29, 0.717) is 18.5 Å². The van der Waals surface area contributed by atoms with Gasteiger partial charge in [-0.3, -0.25) is 9.69 Å². The van der Waals surface area contributed by atoms with E-state index in [1.807, 2.05) is 0 Å². The number of rotatable bonds is 4. The predicted octanol–water partition coefficient (Wildman–Crippen LogP) is 1.23. The van der Waals surface area contributed by atoms with Gasteiger partial charge in [0.15, 0.2) is 0 Å². The summed E-state index contributed by atoms with van der Waals surface area (Å²) in [4.78, 5) is 14.3. The molecule has 2 saturated carbocycles. The molecular weight excluding hydrogens is 238 g/mol. The fourth-order valence-corrected chi connectivity index (χ4v) is 4.27. The smallest absolute Gasteiger partial charge is 0.239 e. The van der Waals surface area contributed by atoms with Gasteiger partial charge in [0.05, 0.1) is 0 Å². The number of hydrogen-bond acceptors (Lipinski definition) is 3. The third-order valence-electron chi connectivity index (χ3n) is 5.59. The van der Waals surface area contributed by atoms with Crippen LogP contribution in [0.15, 0.2) is 0 Å². The van der Waals surface area contributed by atoms with Gasteiger partial charge in [-0.05, 0) is 56.9 Å². The van der Waals surface area contributed by atoms with Crippen LogP contribution in [-0.2, 0) is 4.79 Å². The van der Waals surface area contributed by atoms with Gasteiger partial charge in [-0.2, -0.15) is 0 Å².